The number of aromatic carboxylic acids is 1. The lowest BCUT2D eigenvalue weighted by Crippen LogP contribution is -2.50. The molecule has 0 atom stereocenters. The maximum Gasteiger partial charge on any atom is 0.336 e. The number of hydrogen-bond donors (Lipinski definition) is 1. The van der Waals surface area contributed by atoms with Gasteiger partial charge in [-0.3, -0.25) is 4.79 Å². The first kappa shape index (κ1) is 15.9. The highest BCUT2D eigenvalue weighted by Crippen LogP contribution is 2.25. The molecule has 1 fully saturated rings. The van der Waals surface area contributed by atoms with Crippen LogP contribution in [0.25, 0.3) is 0 Å². The fourth-order valence-electron chi connectivity index (χ4n) is 2.09. The summed E-state index contributed by atoms with van der Waals surface area (Å²) in [6.45, 7) is 2.96. The Balaban J connectivity index is 2.11. The topological polar surface area (TPSA) is 95.0 Å². The second kappa shape index (κ2) is 6.12. The summed E-state index contributed by atoms with van der Waals surface area (Å²) in [5.41, 5.74) is -0.0293. The van der Waals surface area contributed by atoms with E-state index < -0.39 is 16.0 Å². The highest BCUT2D eigenvalue weighted by molar-refractivity contribution is 7.91. The van der Waals surface area contributed by atoms with Crippen molar-refractivity contribution in [3.63, 3.8) is 0 Å². The average Bonchev–Trinajstić information content (AvgIpc) is 2.97. The van der Waals surface area contributed by atoms with E-state index in [0.717, 1.165) is 11.3 Å². The van der Waals surface area contributed by atoms with E-state index in [9.17, 15) is 18.0 Å². The summed E-state index contributed by atoms with van der Waals surface area (Å²) in [7, 11) is -3.68. The Morgan fingerprint density at radius 1 is 1.29 bits per heavy atom. The number of thiophene rings is 1. The van der Waals surface area contributed by atoms with E-state index in [1.165, 1.54) is 15.8 Å². The summed E-state index contributed by atoms with van der Waals surface area (Å²) in [6.07, 6.45) is 0.402. The summed E-state index contributed by atoms with van der Waals surface area (Å²) in [5.74, 6) is -1.14. The number of carbonyl (C=O) groups excluding carboxylic acids is 1. The molecule has 0 spiro atoms. The number of carboxylic acids is 1. The molecular formula is C12H16N2O5S2. The summed E-state index contributed by atoms with van der Waals surface area (Å²) in [5, 5.41) is 10.2. The molecule has 1 N–H and O–H groups in total. The van der Waals surface area contributed by atoms with E-state index in [2.05, 4.69) is 0 Å². The Kier molecular flexibility index (Phi) is 4.64. The molecule has 21 heavy (non-hydrogen) atoms. The predicted octanol–water partition coefficient (Wildman–Crippen LogP) is 0.689. The van der Waals surface area contributed by atoms with Gasteiger partial charge in [0.25, 0.3) is 10.0 Å². The lowest BCUT2D eigenvalue weighted by Gasteiger charge is -2.33. The van der Waals surface area contributed by atoms with Crippen molar-refractivity contribution in [2.45, 2.75) is 17.6 Å². The van der Waals surface area contributed by atoms with Crippen LogP contribution in [0.4, 0.5) is 0 Å². The van der Waals surface area contributed by atoms with Gasteiger partial charge in [-0.2, -0.15) is 4.31 Å². The van der Waals surface area contributed by atoms with Crippen molar-refractivity contribution < 1.29 is 23.1 Å². The third kappa shape index (κ3) is 3.25. The molecule has 0 aromatic carbocycles. The maximum absolute atomic E-state index is 12.4. The van der Waals surface area contributed by atoms with E-state index in [4.69, 9.17) is 5.11 Å². The maximum atomic E-state index is 12.4. The molecule has 1 aromatic heterocycles. The third-order valence-electron chi connectivity index (χ3n) is 3.31. The zero-order valence-corrected chi connectivity index (χ0v) is 13.1. The molecule has 0 radical (unpaired) electrons. The van der Waals surface area contributed by atoms with Crippen LogP contribution in [-0.4, -0.2) is 60.8 Å². The minimum Gasteiger partial charge on any atom is -0.478 e. The van der Waals surface area contributed by atoms with Crippen LogP contribution in [-0.2, 0) is 14.8 Å². The smallest absolute Gasteiger partial charge is 0.336 e. The van der Waals surface area contributed by atoms with E-state index in [1.807, 2.05) is 0 Å². The van der Waals surface area contributed by atoms with Crippen LogP contribution >= 0.6 is 11.3 Å². The molecular weight excluding hydrogens is 316 g/mol. The van der Waals surface area contributed by atoms with Gasteiger partial charge in [0, 0.05) is 38.0 Å². The van der Waals surface area contributed by atoms with Crippen LogP contribution in [0.5, 0.6) is 0 Å². The molecule has 7 nitrogen and oxygen atoms in total. The summed E-state index contributed by atoms with van der Waals surface area (Å²) in [4.78, 5) is 24.0. The number of nitrogens with zero attached hydrogens (tertiary/aromatic N) is 2. The van der Waals surface area contributed by atoms with Gasteiger partial charge >= 0.3 is 5.97 Å². The minimum atomic E-state index is -3.68. The van der Waals surface area contributed by atoms with Crippen molar-refractivity contribution in [3.05, 3.63) is 17.0 Å². The van der Waals surface area contributed by atoms with Gasteiger partial charge in [0.1, 0.15) is 4.21 Å². The van der Waals surface area contributed by atoms with E-state index in [1.54, 1.807) is 11.8 Å². The van der Waals surface area contributed by atoms with Crippen LogP contribution in [0.2, 0.25) is 0 Å². The first-order valence-electron chi connectivity index (χ1n) is 6.46. The molecule has 2 rings (SSSR count). The standard InChI is InChI=1S/C12H16N2O5S2/c1-2-10(15)13-3-5-14(6-4-13)21(18,19)11-7-9(8-20-11)12(16)17/h7-8H,2-6H2,1H3,(H,16,17). The van der Waals surface area contributed by atoms with Crippen LogP contribution in [0, 0.1) is 0 Å². The van der Waals surface area contributed by atoms with Gasteiger partial charge < -0.3 is 10.0 Å². The second-order valence-corrected chi connectivity index (χ2v) is 7.67. The number of sulfonamides is 1. The second-order valence-electron chi connectivity index (χ2n) is 4.60. The van der Waals surface area contributed by atoms with Crippen molar-refractivity contribution in [3.8, 4) is 0 Å². The summed E-state index contributed by atoms with van der Waals surface area (Å²) >= 11 is 0.899. The minimum absolute atomic E-state index is 0.0105. The van der Waals surface area contributed by atoms with Gasteiger partial charge in [-0.05, 0) is 6.07 Å². The highest BCUT2D eigenvalue weighted by atomic mass is 32.2. The largest absolute Gasteiger partial charge is 0.478 e. The van der Waals surface area contributed by atoms with Crippen LogP contribution in [0.3, 0.4) is 0 Å². The Labute approximate surface area is 126 Å². The molecule has 0 aliphatic carbocycles. The summed E-state index contributed by atoms with van der Waals surface area (Å²) < 4.78 is 26.1. The normalized spacial score (nSPS) is 16.9. The van der Waals surface area contributed by atoms with Crippen molar-refractivity contribution in [2.75, 3.05) is 26.2 Å². The van der Waals surface area contributed by atoms with Crippen molar-refractivity contribution in [1.29, 1.82) is 0 Å². The first-order valence-corrected chi connectivity index (χ1v) is 8.78. The van der Waals surface area contributed by atoms with Crippen LogP contribution < -0.4 is 0 Å². The fraction of sp³-hybridized carbons (Fsp3) is 0.500. The lowest BCUT2D eigenvalue weighted by atomic mass is 10.3. The molecule has 1 saturated heterocycles. The van der Waals surface area contributed by atoms with Gasteiger partial charge in [0.15, 0.2) is 0 Å². The van der Waals surface area contributed by atoms with E-state index in [-0.39, 0.29) is 28.8 Å². The van der Waals surface area contributed by atoms with E-state index in [0.29, 0.717) is 19.5 Å². The van der Waals surface area contributed by atoms with E-state index >= 15 is 0 Å². The van der Waals surface area contributed by atoms with Crippen LogP contribution in [0.1, 0.15) is 23.7 Å². The van der Waals surface area contributed by atoms with Gasteiger partial charge in [-0.1, -0.05) is 6.92 Å². The average molecular weight is 332 g/mol. The number of amides is 1. The van der Waals surface area contributed by atoms with Gasteiger partial charge in [-0.25, -0.2) is 13.2 Å². The molecule has 0 saturated carbocycles. The number of hydrogen-bond acceptors (Lipinski definition) is 5. The van der Waals surface area contributed by atoms with Crippen LogP contribution in [0.15, 0.2) is 15.7 Å². The zero-order chi connectivity index (χ0) is 15.6. The quantitative estimate of drug-likeness (QED) is 0.875. The predicted molar refractivity (Wildman–Crippen MR) is 76.9 cm³/mol. The number of carboxylic acid groups (broad SMARTS) is 1. The lowest BCUT2D eigenvalue weighted by molar-refractivity contribution is -0.132. The van der Waals surface area contributed by atoms with Crippen molar-refractivity contribution >= 4 is 33.2 Å². The summed E-state index contributed by atoms with van der Waals surface area (Å²) in [6, 6.07) is 1.17. The molecule has 9 heteroatoms. The third-order valence-corrected chi connectivity index (χ3v) is 6.62. The molecule has 116 valence electrons. The SMILES string of the molecule is CCC(=O)N1CCN(S(=O)(=O)c2cc(C(=O)O)cs2)CC1. The Morgan fingerprint density at radius 2 is 1.90 bits per heavy atom. The molecule has 1 aliphatic heterocycles. The number of rotatable bonds is 4. The Morgan fingerprint density at radius 3 is 2.38 bits per heavy atom. The van der Waals surface area contributed by atoms with Gasteiger partial charge in [0.05, 0.1) is 5.56 Å². The molecule has 1 aliphatic rings. The number of piperazine rings is 1. The fourth-order valence-corrected chi connectivity index (χ4v) is 4.82. The molecule has 2 heterocycles. The first-order chi connectivity index (χ1) is 9.86. The molecule has 0 unspecified atom stereocenters. The van der Waals surface area contributed by atoms with Gasteiger partial charge in [0.2, 0.25) is 5.91 Å². The van der Waals surface area contributed by atoms with Crippen molar-refractivity contribution in [2.24, 2.45) is 0 Å². The molecule has 0 bridgehead atoms. The highest BCUT2D eigenvalue weighted by Gasteiger charge is 2.31. The monoisotopic (exact) mass is 332 g/mol. The Hall–Kier alpha value is -1.45. The van der Waals surface area contributed by atoms with Crippen molar-refractivity contribution in [1.82, 2.24) is 9.21 Å². The molecule has 1 aromatic rings. The number of carbonyl (C=O) groups is 2. The Bertz CT molecular complexity index is 644. The molecule has 1 amide bonds. The zero-order valence-electron chi connectivity index (χ0n) is 11.5. The van der Waals surface area contributed by atoms with Gasteiger partial charge in [-0.15, -0.1) is 11.3 Å².